The number of hydrogen-bond acceptors (Lipinski definition) is 2. The third kappa shape index (κ3) is 1.97. The van der Waals surface area contributed by atoms with Crippen LogP contribution < -0.4 is 5.32 Å². The summed E-state index contributed by atoms with van der Waals surface area (Å²) in [5, 5.41) is 12.2. The van der Waals surface area contributed by atoms with E-state index in [9.17, 15) is 4.79 Å². The number of hydrogen-bond donors (Lipinski definition) is 2. The van der Waals surface area contributed by atoms with E-state index < -0.39 is 5.97 Å². The van der Waals surface area contributed by atoms with Crippen molar-refractivity contribution in [2.45, 2.75) is 19.3 Å². The second-order valence-electron chi connectivity index (χ2n) is 3.95. The summed E-state index contributed by atoms with van der Waals surface area (Å²) in [4.78, 5) is 10.7. The van der Waals surface area contributed by atoms with Gasteiger partial charge >= 0.3 is 5.97 Å². The van der Waals surface area contributed by atoms with Crippen molar-refractivity contribution in [2.24, 2.45) is 17.8 Å². The first-order valence-electron chi connectivity index (χ1n) is 4.72. The molecule has 2 aliphatic rings. The van der Waals surface area contributed by atoms with Crippen LogP contribution in [-0.2, 0) is 4.79 Å². The van der Waals surface area contributed by atoms with Crippen LogP contribution in [0.2, 0.25) is 0 Å². The summed E-state index contributed by atoms with van der Waals surface area (Å²) < 4.78 is 0. The highest BCUT2D eigenvalue weighted by Gasteiger charge is 2.44. The van der Waals surface area contributed by atoms with Gasteiger partial charge in [0.25, 0.3) is 0 Å². The van der Waals surface area contributed by atoms with Crippen molar-refractivity contribution in [1.29, 1.82) is 0 Å². The molecule has 0 aromatic rings. The third-order valence-corrected chi connectivity index (χ3v) is 3.29. The van der Waals surface area contributed by atoms with Crippen LogP contribution in [0.25, 0.3) is 0 Å². The molecule has 0 aromatic carbocycles. The van der Waals surface area contributed by atoms with Crippen LogP contribution in [0, 0.1) is 17.8 Å². The molecule has 2 rings (SSSR count). The smallest absolute Gasteiger partial charge is 0.306 e. The van der Waals surface area contributed by atoms with Crippen LogP contribution >= 0.6 is 12.4 Å². The van der Waals surface area contributed by atoms with Crippen LogP contribution in [0.1, 0.15) is 19.3 Å². The number of nitrogens with one attached hydrogen (secondary N) is 1. The topological polar surface area (TPSA) is 49.3 Å². The fourth-order valence-electron chi connectivity index (χ4n) is 2.51. The van der Waals surface area contributed by atoms with Crippen molar-refractivity contribution >= 4 is 18.4 Å². The van der Waals surface area contributed by atoms with Crippen LogP contribution in [-0.4, -0.2) is 24.2 Å². The van der Waals surface area contributed by atoms with Crippen molar-refractivity contribution in [3.63, 3.8) is 0 Å². The molecule has 1 heterocycles. The Hall–Kier alpha value is -0.280. The zero-order valence-electron chi connectivity index (χ0n) is 7.53. The second-order valence-corrected chi connectivity index (χ2v) is 3.95. The summed E-state index contributed by atoms with van der Waals surface area (Å²) in [6.45, 7) is 2.10. The molecule has 3 nitrogen and oxygen atoms in total. The van der Waals surface area contributed by atoms with E-state index in [0.717, 1.165) is 32.4 Å². The summed E-state index contributed by atoms with van der Waals surface area (Å²) in [5.41, 5.74) is 0. The summed E-state index contributed by atoms with van der Waals surface area (Å²) in [7, 11) is 0. The predicted octanol–water partition coefficient (Wildman–Crippen LogP) is 1.13. The van der Waals surface area contributed by atoms with E-state index in [0.29, 0.717) is 11.8 Å². The first-order chi connectivity index (χ1) is 5.79. The Morgan fingerprint density at radius 1 is 1.46 bits per heavy atom. The highest BCUT2D eigenvalue weighted by molar-refractivity contribution is 5.85. The van der Waals surface area contributed by atoms with Gasteiger partial charge in [0.2, 0.25) is 0 Å². The lowest BCUT2D eigenvalue weighted by molar-refractivity contribution is -0.151. The molecule has 1 saturated carbocycles. The van der Waals surface area contributed by atoms with E-state index >= 15 is 0 Å². The van der Waals surface area contributed by atoms with E-state index in [4.69, 9.17) is 5.11 Å². The number of aliphatic carboxylic acids is 1. The van der Waals surface area contributed by atoms with Crippen LogP contribution in [0.3, 0.4) is 0 Å². The van der Waals surface area contributed by atoms with Crippen molar-refractivity contribution in [3.05, 3.63) is 0 Å². The fraction of sp³-hybridized carbons (Fsp3) is 0.889. The molecule has 0 aromatic heterocycles. The maximum Gasteiger partial charge on any atom is 0.306 e. The highest BCUT2D eigenvalue weighted by Crippen LogP contribution is 2.43. The number of carbonyl (C=O) groups is 1. The maximum atomic E-state index is 10.7. The van der Waals surface area contributed by atoms with Gasteiger partial charge in [-0.05, 0) is 44.2 Å². The molecule has 1 aliphatic carbocycles. The Morgan fingerprint density at radius 2 is 2.23 bits per heavy atom. The Bertz CT molecular complexity index is 198. The fourth-order valence-corrected chi connectivity index (χ4v) is 2.51. The lowest BCUT2D eigenvalue weighted by Gasteiger charge is -2.41. The lowest BCUT2D eigenvalue weighted by atomic mass is 9.63. The number of rotatable bonds is 1. The number of carboxylic acid groups (broad SMARTS) is 1. The number of halogens is 1. The van der Waals surface area contributed by atoms with Gasteiger partial charge in [0.1, 0.15) is 0 Å². The molecule has 2 fully saturated rings. The van der Waals surface area contributed by atoms with Gasteiger partial charge in [-0.15, -0.1) is 12.4 Å². The summed E-state index contributed by atoms with van der Waals surface area (Å²) in [6.07, 6.45) is 3.15. The van der Waals surface area contributed by atoms with E-state index in [1.165, 1.54) is 0 Å². The van der Waals surface area contributed by atoms with Gasteiger partial charge in [0, 0.05) is 0 Å². The van der Waals surface area contributed by atoms with E-state index in [2.05, 4.69) is 5.32 Å². The molecular formula is C9H16ClNO2. The molecule has 2 N–H and O–H groups in total. The van der Waals surface area contributed by atoms with Gasteiger partial charge in [0.15, 0.2) is 0 Å². The van der Waals surface area contributed by atoms with E-state index in [1.807, 2.05) is 0 Å². The molecule has 0 radical (unpaired) electrons. The molecule has 3 unspecified atom stereocenters. The summed E-state index contributed by atoms with van der Waals surface area (Å²) in [6, 6.07) is 0. The Labute approximate surface area is 84.3 Å². The largest absolute Gasteiger partial charge is 0.481 e. The summed E-state index contributed by atoms with van der Waals surface area (Å²) >= 11 is 0. The molecule has 0 amide bonds. The average Bonchev–Trinajstić information content (AvgIpc) is 2.13. The highest BCUT2D eigenvalue weighted by atomic mass is 35.5. The summed E-state index contributed by atoms with van der Waals surface area (Å²) in [5.74, 6) is 0.499. The average molecular weight is 206 g/mol. The van der Waals surface area contributed by atoms with Crippen molar-refractivity contribution < 1.29 is 9.90 Å². The van der Waals surface area contributed by atoms with Crippen LogP contribution in [0.15, 0.2) is 0 Å². The number of carboxylic acids is 1. The molecule has 4 heteroatoms. The molecule has 3 atom stereocenters. The Balaban J connectivity index is 0.000000845. The monoisotopic (exact) mass is 205 g/mol. The van der Waals surface area contributed by atoms with Crippen LogP contribution in [0.5, 0.6) is 0 Å². The van der Waals surface area contributed by atoms with Crippen molar-refractivity contribution in [3.8, 4) is 0 Å². The first kappa shape index (κ1) is 10.8. The zero-order chi connectivity index (χ0) is 8.55. The minimum absolute atomic E-state index is 0. The van der Waals surface area contributed by atoms with E-state index in [1.54, 1.807) is 0 Å². The minimum atomic E-state index is -0.585. The SMILES string of the molecule is Cl.O=C(O)C1CC2CNCCCC21. The molecule has 0 spiro atoms. The van der Waals surface area contributed by atoms with E-state index in [-0.39, 0.29) is 18.3 Å². The van der Waals surface area contributed by atoms with Gasteiger partial charge < -0.3 is 10.4 Å². The molecule has 1 saturated heterocycles. The molecule has 0 bridgehead atoms. The van der Waals surface area contributed by atoms with Gasteiger partial charge in [-0.1, -0.05) is 0 Å². The molecule has 13 heavy (non-hydrogen) atoms. The lowest BCUT2D eigenvalue weighted by Crippen LogP contribution is -2.44. The van der Waals surface area contributed by atoms with Gasteiger partial charge in [-0.3, -0.25) is 4.79 Å². The quantitative estimate of drug-likeness (QED) is 0.675. The Morgan fingerprint density at radius 3 is 2.92 bits per heavy atom. The standard InChI is InChI=1S/C9H15NO2.ClH/c11-9(12)8-4-6-5-10-3-1-2-7(6)8;/h6-8,10H,1-5H2,(H,11,12);1H. The van der Waals surface area contributed by atoms with Crippen molar-refractivity contribution in [2.75, 3.05) is 13.1 Å². The third-order valence-electron chi connectivity index (χ3n) is 3.29. The Kier molecular flexibility index (Phi) is 3.56. The van der Waals surface area contributed by atoms with Gasteiger partial charge in [-0.2, -0.15) is 0 Å². The normalized spacial score (nSPS) is 37.7. The van der Waals surface area contributed by atoms with Gasteiger partial charge in [-0.25, -0.2) is 0 Å². The minimum Gasteiger partial charge on any atom is -0.481 e. The van der Waals surface area contributed by atoms with Gasteiger partial charge in [0.05, 0.1) is 5.92 Å². The molecule has 1 aliphatic heterocycles. The van der Waals surface area contributed by atoms with Crippen molar-refractivity contribution in [1.82, 2.24) is 5.32 Å². The predicted molar refractivity (Wildman–Crippen MR) is 52.1 cm³/mol. The number of fused-ring (bicyclic) bond motifs is 1. The molecule has 76 valence electrons. The first-order valence-corrected chi connectivity index (χ1v) is 4.72. The maximum absolute atomic E-state index is 10.7. The van der Waals surface area contributed by atoms with Crippen LogP contribution in [0.4, 0.5) is 0 Å². The zero-order valence-corrected chi connectivity index (χ0v) is 8.35. The molecular weight excluding hydrogens is 190 g/mol. The second kappa shape index (κ2) is 4.29.